The topological polar surface area (TPSA) is 38.3 Å². The summed E-state index contributed by atoms with van der Waals surface area (Å²) in [7, 11) is 1.60. The third-order valence-electron chi connectivity index (χ3n) is 2.99. The number of aryl methyl sites for hydroxylation is 1. The van der Waals surface area contributed by atoms with Gasteiger partial charge in [0.05, 0.1) is 13.5 Å². The van der Waals surface area contributed by atoms with E-state index in [1.54, 1.807) is 20.1 Å². The smallest absolute Gasteiger partial charge is 0.228 e. The minimum absolute atomic E-state index is 0.134. The Morgan fingerprint density at radius 1 is 1.20 bits per heavy atom. The monoisotopic (exact) mass is 273 g/mol. The normalized spacial score (nSPS) is 10.2. The zero-order valence-electron chi connectivity index (χ0n) is 11.4. The van der Waals surface area contributed by atoms with Crippen LogP contribution < -0.4 is 10.1 Å². The van der Waals surface area contributed by atoms with Crippen LogP contribution in [0.5, 0.6) is 5.75 Å². The summed E-state index contributed by atoms with van der Waals surface area (Å²) in [5.41, 5.74) is 2.22. The lowest BCUT2D eigenvalue weighted by molar-refractivity contribution is -0.115. The highest BCUT2D eigenvalue weighted by atomic mass is 19.1. The van der Waals surface area contributed by atoms with Crippen molar-refractivity contribution in [3.8, 4) is 5.75 Å². The van der Waals surface area contributed by atoms with E-state index in [-0.39, 0.29) is 18.1 Å². The highest BCUT2D eigenvalue weighted by molar-refractivity contribution is 5.92. The average Bonchev–Trinajstić information content (AvgIpc) is 2.43. The maximum absolute atomic E-state index is 13.0. The van der Waals surface area contributed by atoms with E-state index in [1.165, 1.54) is 12.1 Å². The Balaban J connectivity index is 2.01. The first kappa shape index (κ1) is 14.1. The van der Waals surface area contributed by atoms with Crippen LogP contribution in [-0.4, -0.2) is 13.0 Å². The number of anilines is 1. The maximum Gasteiger partial charge on any atom is 0.228 e. The predicted molar refractivity (Wildman–Crippen MR) is 76.5 cm³/mol. The van der Waals surface area contributed by atoms with Crippen molar-refractivity contribution in [1.29, 1.82) is 0 Å². The molecule has 1 N–H and O–H groups in total. The van der Waals surface area contributed by atoms with E-state index in [0.29, 0.717) is 11.3 Å². The molecule has 20 heavy (non-hydrogen) atoms. The molecule has 1 amide bonds. The number of hydrogen-bond donors (Lipinski definition) is 1. The molecular weight excluding hydrogens is 257 g/mol. The number of benzene rings is 2. The van der Waals surface area contributed by atoms with Gasteiger partial charge in [-0.25, -0.2) is 4.39 Å². The number of carbonyl (C=O) groups is 1. The molecule has 0 heterocycles. The lowest BCUT2D eigenvalue weighted by Crippen LogP contribution is -2.15. The Morgan fingerprint density at radius 3 is 2.50 bits per heavy atom. The summed E-state index contributed by atoms with van der Waals surface area (Å²) >= 11 is 0. The third kappa shape index (κ3) is 3.57. The lowest BCUT2D eigenvalue weighted by Gasteiger charge is -2.08. The van der Waals surface area contributed by atoms with Crippen molar-refractivity contribution in [2.45, 2.75) is 13.3 Å². The molecule has 4 heteroatoms. The molecule has 2 aromatic carbocycles. The minimum atomic E-state index is -0.310. The zero-order chi connectivity index (χ0) is 14.5. The number of amides is 1. The van der Waals surface area contributed by atoms with Gasteiger partial charge in [-0.1, -0.05) is 12.1 Å². The first-order valence-corrected chi connectivity index (χ1v) is 6.27. The molecule has 104 valence electrons. The number of nitrogens with one attached hydrogen (secondary N) is 1. The summed E-state index contributed by atoms with van der Waals surface area (Å²) in [6.07, 6.45) is 0.265. The van der Waals surface area contributed by atoms with Crippen LogP contribution in [0.3, 0.4) is 0 Å². The summed E-state index contributed by atoms with van der Waals surface area (Å²) in [6.45, 7) is 1.76. The molecule has 0 aliphatic carbocycles. The van der Waals surface area contributed by atoms with Crippen molar-refractivity contribution in [2.75, 3.05) is 12.4 Å². The fourth-order valence-electron chi connectivity index (χ4n) is 1.89. The summed E-state index contributed by atoms with van der Waals surface area (Å²) < 4.78 is 18.0. The van der Waals surface area contributed by atoms with Gasteiger partial charge in [0.15, 0.2) is 0 Å². The predicted octanol–water partition coefficient (Wildman–Crippen LogP) is 3.32. The summed E-state index contributed by atoms with van der Waals surface area (Å²) in [6, 6.07) is 11.6. The van der Waals surface area contributed by atoms with Gasteiger partial charge in [-0.2, -0.15) is 0 Å². The molecule has 0 radical (unpaired) electrons. The molecule has 2 rings (SSSR count). The van der Waals surface area contributed by atoms with Crippen molar-refractivity contribution >= 4 is 11.6 Å². The lowest BCUT2D eigenvalue weighted by atomic mass is 10.1. The highest BCUT2D eigenvalue weighted by Gasteiger charge is 2.07. The number of halogens is 1. The van der Waals surface area contributed by atoms with Crippen LogP contribution in [0, 0.1) is 12.7 Å². The van der Waals surface area contributed by atoms with Crippen LogP contribution in [0.2, 0.25) is 0 Å². The van der Waals surface area contributed by atoms with Crippen LogP contribution in [0.15, 0.2) is 42.5 Å². The van der Waals surface area contributed by atoms with Gasteiger partial charge in [0.25, 0.3) is 0 Å². The SMILES string of the molecule is COc1ccc(CC(=O)Nc2ccc(F)cc2C)cc1. The second kappa shape index (κ2) is 6.19. The van der Waals surface area contributed by atoms with Gasteiger partial charge in [0, 0.05) is 5.69 Å². The molecule has 0 saturated carbocycles. The van der Waals surface area contributed by atoms with Crippen LogP contribution in [-0.2, 0) is 11.2 Å². The Hall–Kier alpha value is -2.36. The van der Waals surface area contributed by atoms with Gasteiger partial charge in [-0.15, -0.1) is 0 Å². The van der Waals surface area contributed by atoms with E-state index < -0.39 is 0 Å². The molecule has 0 spiro atoms. The van der Waals surface area contributed by atoms with Gasteiger partial charge in [0.2, 0.25) is 5.91 Å². The van der Waals surface area contributed by atoms with E-state index in [2.05, 4.69) is 5.32 Å². The molecule has 3 nitrogen and oxygen atoms in total. The van der Waals surface area contributed by atoms with Crippen LogP contribution in [0.4, 0.5) is 10.1 Å². The fourth-order valence-corrected chi connectivity index (χ4v) is 1.89. The van der Waals surface area contributed by atoms with Crippen LogP contribution in [0.1, 0.15) is 11.1 Å². The van der Waals surface area contributed by atoms with E-state index in [4.69, 9.17) is 4.74 Å². The summed E-state index contributed by atoms with van der Waals surface area (Å²) in [5.74, 6) is 0.309. The molecular formula is C16H16FNO2. The zero-order valence-corrected chi connectivity index (χ0v) is 11.4. The van der Waals surface area contributed by atoms with E-state index in [1.807, 2.05) is 24.3 Å². The van der Waals surface area contributed by atoms with Gasteiger partial charge < -0.3 is 10.1 Å². The van der Waals surface area contributed by atoms with E-state index in [0.717, 1.165) is 11.3 Å². The van der Waals surface area contributed by atoms with Crippen molar-refractivity contribution < 1.29 is 13.9 Å². The maximum atomic E-state index is 13.0. The molecule has 0 aliphatic heterocycles. The fraction of sp³-hybridized carbons (Fsp3) is 0.188. The Bertz CT molecular complexity index is 608. The van der Waals surface area contributed by atoms with Crippen molar-refractivity contribution in [3.63, 3.8) is 0 Å². The van der Waals surface area contributed by atoms with Gasteiger partial charge in [-0.3, -0.25) is 4.79 Å². The third-order valence-corrected chi connectivity index (χ3v) is 2.99. The summed E-state index contributed by atoms with van der Waals surface area (Å²) in [4.78, 5) is 11.9. The average molecular weight is 273 g/mol. The van der Waals surface area contributed by atoms with E-state index in [9.17, 15) is 9.18 Å². The minimum Gasteiger partial charge on any atom is -0.497 e. The van der Waals surface area contributed by atoms with Gasteiger partial charge >= 0.3 is 0 Å². The molecule has 0 unspecified atom stereocenters. The van der Waals surface area contributed by atoms with Crippen molar-refractivity contribution in [2.24, 2.45) is 0 Å². The molecule has 0 fully saturated rings. The molecule has 2 aromatic rings. The van der Waals surface area contributed by atoms with Gasteiger partial charge in [0.1, 0.15) is 11.6 Å². The number of ether oxygens (including phenoxy) is 1. The Labute approximate surface area is 117 Å². The number of rotatable bonds is 4. The second-order valence-corrected chi connectivity index (χ2v) is 4.53. The number of carbonyl (C=O) groups excluding carboxylic acids is 1. The quantitative estimate of drug-likeness (QED) is 0.928. The van der Waals surface area contributed by atoms with E-state index >= 15 is 0 Å². The van der Waals surface area contributed by atoms with Gasteiger partial charge in [-0.05, 0) is 48.4 Å². The Morgan fingerprint density at radius 2 is 1.90 bits per heavy atom. The van der Waals surface area contributed by atoms with Crippen molar-refractivity contribution in [3.05, 3.63) is 59.4 Å². The molecule has 0 saturated heterocycles. The molecule has 0 atom stereocenters. The molecule has 0 aromatic heterocycles. The number of hydrogen-bond acceptors (Lipinski definition) is 2. The summed E-state index contributed by atoms with van der Waals surface area (Å²) in [5, 5.41) is 2.78. The first-order chi connectivity index (χ1) is 9.58. The van der Waals surface area contributed by atoms with Crippen LogP contribution in [0.25, 0.3) is 0 Å². The highest BCUT2D eigenvalue weighted by Crippen LogP contribution is 2.17. The van der Waals surface area contributed by atoms with Crippen molar-refractivity contribution in [1.82, 2.24) is 0 Å². The molecule has 0 aliphatic rings. The Kier molecular flexibility index (Phi) is 4.35. The largest absolute Gasteiger partial charge is 0.497 e. The standard InChI is InChI=1S/C16H16FNO2/c1-11-9-13(17)5-8-15(11)18-16(19)10-12-3-6-14(20-2)7-4-12/h3-9H,10H2,1-2H3,(H,18,19). The first-order valence-electron chi connectivity index (χ1n) is 6.27. The second-order valence-electron chi connectivity index (χ2n) is 4.53. The van der Waals surface area contributed by atoms with Crippen LogP contribution >= 0.6 is 0 Å². The molecule has 0 bridgehead atoms. The number of methoxy groups -OCH3 is 1.